The Hall–Kier alpha value is -1.16. The Morgan fingerprint density at radius 3 is 3.00 bits per heavy atom. The van der Waals surface area contributed by atoms with Crippen LogP contribution in [0, 0.1) is 11.6 Å². The molecule has 0 radical (unpaired) electrons. The van der Waals surface area contributed by atoms with Gasteiger partial charge in [-0.05, 0) is 43.9 Å². The number of hydrogen-bond acceptors (Lipinski definition) is 2. The van der Waals surface area contributed by atoms with E-state index in [1.807, 2.05) is 0 Å². The molecule has 4 heteroatoms. The van der Waals surface area contributed by atoms with Gasteiger partial charge in [-0.15, -0.1) is 0 Å². The van der Waals surface area contributed by atoms with E-state index in [1.165, 1.54) is 6.07 Å². The molecule has 17 heavy (non-hydrogen) atoms. The second-order valence-electron chi connectivity index (χ2n) is 4.33. The molecule has 1 fully saturated rings. The standard InChI is InChI=1S/C13H17F2NO/c14-10-5-6-12(15)13(9-10)16-7-1-3-11-4-2-8-17-11/h5-6,9,11,16H,1-4,7-8H2. The molecule has 0 saturated carbocycles. The molecule has 0 bridgehead atoms. The average Bonchev–Trinajstić information content (AvgIpc) is 2.82. The monoisotopic (exact) mass is 241 g/mol. The summed E-state index contributed by atoms with van der Waals surface area (Å²) in [5.41, 5.74) is 0.234. The summed E-state index contributed by atoms with van der Waals surface area (Å²) in [6, 6.07) is 3.44. The average molecular weight is 241 g/mol. The van der Waals surface area contributed by atoms with Crippen molar-refractivity contribution in [1.82, 2.24) is 0 Å². The van der Waals surface area contributed by atoms with Crippen molar-refractivity contribution < 1.29 is 13.5 Å². The lowest BCUT2D eigenvalue weighted by Crippen LogP contribution is -2.09. The molecule has 1 aromatic carbocycles. The minimum atomic E-state index is -0.423. The summed E-state index contributed by atoms with van der Waals surface area (Å²) in [6.07, 6.45) is 4.49. The van der Waals surface area contributed by atoms with E-state index in [0.29, 0.717) is 12.6 Å². The van der Waals surface area contributed by atoms with E-state index in [4.69, 9.17) is 4.74 Å². The third-order valence-electron chi connectivity index (χ3n) is 2.97. The van der Waals surface area contributed by atoms with Crippen LogP contribution < -0.4 is 5.32 Å². The summed E-state index contributed by atoms with van der Waals surface area (Å²) in [5, 5.41) is 2.91. The van der Waals surface area contributed by atoms with Gasteiger partial charge in [0.25, 0.3) is 0 Å². The van der Waals surface area contributed by atoms with Gasteiger partial charge < -0.3 is 10.1 Å². The lowest BCUT2D eigenvalue weighted by molar-refractivity contribution is 0.103. The molecule has 1 N–H and O–H groups in total. The van der Waals surface area contributed by atoms with Crippen LogP contribution in [0.5, 0.6) is 0 Å². The van der Waals surface area contributed by atoms with Crippen molar-refractivity contribution in [3.63, 3.8) is 0 Å². The largest absolute Gasteiger partial charge is 0.383 e. The normalized spacial score (nSPS) is 19.5. The van der Waals surface area contributed by atoms with Crippen molar-refractivity contribution in [2.75, 3.05) is 18.5 Å². The lowest BCUT2D eigenvalue weighted by Gasteiger charge is -2.10. The Balaban J connectivity index is 1.72. The summed E-state index contributed by atoms with van der Waals surface area (Å²) in [7, 11) is 0. The number of halogens is 2. The first-order valence-electron chi connectivity index (χ1n) is 6.06. The Kier molecular flexibility index (Phi) is 4.31. The van der Waals surface area contributed by atoms with Crippen LogP contribution in [0.15, 0.2) is 18.2 Å². The van der Waals surface area contributed by atoms with Gasteiger partial charge in [-0.3, -0.25) is 0 Å². The van der Waals surface area contributed by atoms with Crippen molar-refractivity contribution >= 4 is 5.69 Å². The van der Waals surface area contributed by atoms with Gasteiger partial charge in [0.05, 0.1) is 11.8 Å². The fourth-order valence-electron chi connectivity index (χ4n) is 2.06. The lowest BCUT2D eigenvalue weighted by atomic mass is 10.1. The van der Waals surface area contributed by atoms with Gasteiger partial charge >= 0.3 is 0 Å². The van der Waals surface area contributed by atoms with Gasteiger partial charge in [0.15, 0.2) is 0 Å². The number of hydrogen-bond donors (Lipinski definition) is 1. The van der Waals surface area contributed by atoms with Gasteiger partial charge in [0.1, 0.15) is 11.6 Å². The smallest absolute Gasteiger partial charge is 0.146 e. The van der Waals surface area contributed by atoms with Crippen molar-refractivity contribution in [3.8, 4) is 0 Å². The third kappa shape index (κ3) is 3.66. The zero-order chi connectivity index (χ0) is 12.1. The highest BCUT2D eigenvalue weighted by molar-refractivity contribution is 5.44. The van der Waals surface area contributed by atoms with E-state index >= 15 is 0 Å². The number of ether oxygens (including phenoxy) is 1. The summed E-state index contributed by atoms with van der Waals surface area (Å²) >= 11 is 0. The van der Waals surface area contributed by atoms with Gasteiger partial charge in [0, 0.05) is 13.2 Å². The summed E-state index contributed by atoms with van der Waals surface area (Å²) in [6.45, 7) is 1.50. The van der Waals surface area contributed by atoms with E-state index in [0.717, 1.165) is 44.4 Å². The van der Waals surface area contributed by atoms with Crippen LogP contribution >= 0.6 is 0 Å². The molecule has 0 spiro atoms. The Morgan fingerprint density at radius 2 is 2.24 bits per heavy atom. The van der Waals surface area contributed by atoms with E-state index in [-0.39, 0.29) is 5.69 Å². The molecule has 2 rings (SSSR count). The first-order chi connectivity index (χ1) is 8.25. The van der Waals surface area contributed by atoms with E-state index < -0.39 is 11.6 Å². The fourth-order valence-corrected chi connectivity index (χ4v) is 2.06. The molecule has 1 aliphatic heterocycles. The zero-order valence-corrected chi connectivity index (χ0v) is 9.72. The second-order valence-corrected chi connectivity index (χ2v) is 4.33. The van der Waals surface area contributed by atoms with Crippen molar-refractivity contribution in [3.05, 3.63) is 29.8 Å². The van der Waals surface area contributed by atoms with Crippen molar-refractivity contribution in [2.45, 2.75) is 31.8 Å². The highest BCUT2D eigenvalue weighted by Gasteiger charge is 2.14. The molecule has 0 aromatic heterocycles. The molecular weight excluding hydrogens is 224 g/mol. The topological polar surface area (TPSA) is 21.3 Å². The molecule has 2 nitrogen and oxygen atoms in total. The van der Waals surface area contributed by atoms with E-state index in [9.17, 15) is 8.78 Å². The number of rotatable bonds is 5. The molecular formula is C13H17F2NO. The maximum absolute atomic E-state index is 13.2. The maximum Gasteiger partial charge on any atom is 0.146 e. The Labute approximate surface area is 100.0 Å². The minimum absolute atomic E-state index is 0.234. The van der Waals surface area contributed by atoms with E-state index in [2.05, 4.69) is 5.32 Å². The van der Waals surface area contributed by atoms with Gasteiger partial charge in [-0.2, -0.15) is 0 Å². The fraction of sp³-hybridized carbons (Fsp3) is 0.538. The zero-order valence-electron chi connectivity index (χ0n) is 9.72. The number of benzene rings is 1. The van der Waals surface area contributed by atoms with Crippen LogP contribution in [0.3, 0.4) is 0 Å². The molecule has 1 aliphatic rings. The highest BCUT2D eigenvalue weighted by Crippen LogP contribution is 2.18. The molecule has 0 amide bonds. The predicted molar refractivity (Wildman–Crippen MR) is 63.1 cm³/mol. The van der Waals surface area contributed by atoms with Crippen LogP contribution in [-0.4, -0.2) is 19.3 Å². The van der Waals surface area contributed by atoms with Crippen LogP contribution in [0.25, 0.3) is 0 Å². The second kappa shape index (κ2) is 5.96. The van der Waals surface area contributed by atoms with Crippen LogP contribution in [-0.2, 0) is 4.74 Å². The molecule has 1 aromatic rings. The van der Waals surface area contributed by atoms with Crippen LogP contribution in [0.4, 0.5) is 14.5 Å². The SMILES string of the molecule is Fc1ccc(F)c(NCCCC2CCCO2)c1. The number of nitrogens with one attached hydrogen (secondary N) is 1. The number of anilines is 1. The predicted octanol–water partition coefficient (Wildman–Crippen LogP) is 3.34. The Morgan fingerprint density at radius 1 is 1.35 bits per heavy atom. The van der Waals surface area contributed by atoms with Gasteiger partial charge in [-0.25, -0.2) is 8.78 Å². The molecule has 94 valence electrons. The highest BCUT2D eigenvalue weighted by atomic mass is 19.1. The summed E-state index contributed by atoms with van der Waals surface area (Å²) in [5.74, 6) is -0.837. The quantitative estimate of drug-likeness (QED) is 0.798. The third-order valence-corrected chi connectivity index (χ3v) is 2.97. The van der Waals surface area contributed by atoms with Gasteiger partial charge in [-0.1, -0.05) is 0 Å². The van der Waals surface area contributed by atoms with Crippen molar-refractivity contribution in [1.29, 1.82) is 0 Å². The first-order valence-corrected chi connectivity index (χ1v) is 6.06. The molecule has 1 unspecified atom stereocenters. The minimum Gasteiger partial charge on any atom is -0.383 e. The summed E-state index contributed by atoms with van der Waals surface area (Å²) in [4.78, 5) is 0. The van der Waals surface area contributed by atoms with Crippen LogP contribution in [0.1, 0.15) is 25.7 Å². The molecule has 1 atom stereocenters. The van der Waals surface area contributed by atoms with Crippen molar-refractivity contribution in [2.24, 2.45) is 0 Å². The Bertz CT molecular complexity index is 364. The van der Waals surface area contributed by atoms with Crippen LogP contribution in [0.2, 0.25) is 0 Å². The van der Waals surface area contributed by atoms with Gasteiger partial charge in [0.2, 0.25) is 0 Å². The molecule has 1 saturated heterocycles. The summed E-state index contributed by atoms with van der Waals surface area (Å²) < 4.78 is 31.6. The molecule has 0 aliphatic carbocycles. The molecule has 1 heterocycles. The van der Waals surface area contributed by atoms with E-state index in [1.54, 1.807) is 0 Å². The maximum atomic E-state index is 13.2. The first kappa shape index (κ1) is 12.3.